The maximum Gasteiger partial charge on any atom is 0.264 e. The highest BCUT2D eigenvalue weighted by atomic mass is 32.2. The van der Waals surface area contributed by atoms with Gasteiger partial charge in [0.15, 0.2) is 0 Å². The molecule has 3 rings (SSSR count). The summed E-state index contributed by atoms with van der Waals surface area (Å²) < 4.78 is 27.9. The molecule has 0 radical (unpaired) electrons. The number of carbonyl (C=O) groups excluding carboxylic acids is 1. The third-order valence-electron chi connectivity index (χ3n) is 5.85. The van der Waals surface area contributed by atoms with Crippen LogP contribution >= 0.6 is 0 Å². The van der Waals surface area contributed by atoms with E-state index in [4.69, 9.17) is 0 Å². The maximum absolute atomic E-state index is 13.3. The molecular formula is C24H33N3O3S. The second-order valence-electron chi connectivity index (χ2n) is 8.34. The van der Waals surface area contributed by atoms with E-state index in [2.05, 4.69) is 17.1 Å². The Balaban J connectivity index is 1.64. The summed E-state index contributed by atoms with van der Waals surface area (Å²) >= 11 is 0. The molecule has 7 heteroatoms. The van der Waals surface area contributed by atoms with E-state index in [1.165, 1.54) is 17.1 Å². The molecule has 1 aliphatic heterocycles. The summed E-state index contributed by atoms with van der Waals surface area (Å²) in [6.07, 6.45) is 3.32. The molecule has 1 heterocycles. The zero-order chi connectivity index (χ0) is 22.3. The number of benzene rings is 2. The molecular weight excluding hydrogens is 410 g/mol. The van der Waals surface area contributed by atoms with Crippen molar-refractivity contribution in [3.05, 3.63) is 60.2 Å². The van der Waals surface area contributed by atoms with E-state index in [0.29, 0.717) is 12.2 Å². The summed E-state index contributed by atoms with van der Waals surface area (Å²) in [4.78, 5) is 15.3. The fraction of sp³-hybridized carbons (Fsp3) is 0.458. The van der Waals surface area contributed by atoms with Crippen LogP contribution in [0.2, 0.25) is 0 Å². The lowest BCUT2D eigenvalue weighted by molar-refractivity contribution is -0.119. The summed E-state index contributed by atoms with van der Waals surface area (Å²) in [7, 11) is -3.86. The number of sulfonamides is 1. The lowest BCUT2D eigenvalue weighted by atomic mass is 9.99. The van der Waals surface area contributed by atoms with Crippen molar-refractivity contribution in [1.82, 2.24) is 10.2 Å². The second-order valence-corrected chi connectivity index (χ2v) is 10.2. The summed E-state index contributed by atoms with van der Waals surface area (Å²) in [5, 5.41) is 2.90. The highest BCUT2D eigenvalue weighted by Crippen LogP contribution is 2.26. The first-order chi connectivity index (χ1) is 14.9. The molecule has 6 nitrogen and oxygen atoms in total. The van der Waals surface area contributed by atoms with Crippen molar-refractivity contribution in [1.29, 1.82) is 0 Å². The number of nitrogens with zero attached hydrogens (tertiary/aromatic N) is 2. The SMILES string of the molecule is Cc1ccccc1N(CC(=O)NCCCN1CCC(C)CC1)S(=O)(=O)c1ccccc1. The van der Waals surface area contributed by atoms with Gasteiger partial charge in [-0.05, 0) is 75.5 Å². The number of amides is 1. The Hall–Kier alpha value is -2.38. The molecule has 0 aromatic heterocycles. The number of carbonyl (C=O) groups is 1. The summed E-state index contributed by atoms with van der Waals surface area (Å²) in [6, 6.07) is 15.5. The minimum Gasteiger partial charge on any atom is -0.354 e. The van der Waals surface area contributed by atoms with Crippen LogP contribution in [0.5, 0.6) is 0 Å². The molecule has 2 aromatic rings. The fourth-order valence-corrected chi connectivity index (χ4v) is 5.37. The topological polar surface area (TPSA) is 69.7 Å². The van der Waals surface area contributed by atoms with Gasteiger partial charge in [0.25, 0.3) is 10.0 Å². The van der Waals surface area contributed by atoms with Gasteiger partial charge in [0.1, 0.15) is 6.54 Å². The quantitative estimate of drug-likeness (QED) is 0.603. The molecule has 31 heavy (non-hydrogen) atoms. The van der Waals surface area contributed by atoms with Gasteiger partial charge in [-0.2, -0.15) is 0 Å². The Morgan fingerprint density at radius 1 is 1.06 bits per heavy atom. The molecule has 1 saturated heterocycles. The van der Waals surface area contributed by atoms with E-state index in [9.17, 15) is 13.2 Å². The third-order valence-corrected chi connectivity index (χ3v) is 7.63. The maximum atomic E-state index is 13.3. The first-order valence-electron chi connectivity index (χ1n) is 11.0. The molecule has 0 bridgehead atoms. The van der Waals surface area contributed by atoms with Crippen LogP contribution in [0.1, 0.15) is 31.7 Å². The van der Waals surface area contributed by atoms with Gasteiger partial charge in [-0.3, -0.25) is 9.10 Å². The summed E-state index contributed by atoms with van der Waals surface area (Å²) in [6.45, 7) is 7.62. The molecule has 1 aliphatic rings. The normalized spacial score (nSPS) is 15.5. The molecule has 1 N–H and O–H groups in total. The minimum absolute atomic E-state index is 0.172. The Morgan fingerprint density at radius 3 is 2.39 bits per heavy atom. The number of rotatable bonds is 9. The van der Waals surface area contributed by atoms with Crippen molar-refractivity contribution in [3.63, 3.8) is 0 Å². The van der Waals surface area contributed by atoms with Gasteiger partial charge < -0.3 is 10.2 Å². The van der Waals surface area contributed by atoms with Crippen molar-refractivity contribution in [2.45, 2.75) is 38.0 Å². The highest BCUT2D eigenvalue weighted by Gasteiger charge is 2.28. The third kappa shape index (κ3) is 6.31. The Labute approximate surface area is 186 Å². The van der Waals surface area contributed by atoms with Gasteiger partial charge >= 0.3 is 0 Å². The molecule has 2 aromatic carbocycles. The molecule has 0 atom stereocenters. The van der Waals surface area contributed by atoms with Crippen LogP contribution < -0.4 is 9.62 Å². The number of para-hydroxylation sites is 1. The Morgan fingerprint density at radius 2 is 1.71 bits per heavy atom. The van der Waals surface area contributed by atoms with E-state index in [-0.39, 0.29) is 17.3 Å². The average molecular weight is 444 g/mol. The van der Waals surface area contributed by atoms with Crippen LogP contribution in [-0.4, -0.2) is 51.9 Å². The number of aryl methyl sites for hydroxylation is 1. The zero-order valence-electron chi connectivity index (χ0n) is 18.5. The van der Waals surface area contributed by atoms with Crippen molar-refractivity contribution in [2.24, 2.45) is 5.92 Å². The van der Waals surface area contributed by atoms with Crippen LogP contribution in [0.3, 0.4) is 0 Å². The van der Waals surface area contributed by atoms with E-state index < -0.39 is 10.0 Å². The zero-order valence-corrected chi connectivity index (χ0v) is 19.3. The van der Waals surface area contributed by atoms with Crippen LogP contribution in [0.25, 0.3) is 0 Å². The predicted molar refractivity (Wildman–Crippen MR) is 125 cm³/mol. The van der Waals surface area contributed by atoms with E-state index >= 15 is 0 Å². The number of nitrogens with one attached hydrogen (secondary N) is 1. The molecule has 0 unspecified atom stereocenters. The van der Waals surface area contributed by atoms with E-state index in [1.807, 2.05) is 19.1 Å². The largest absolute Gasteiger partial charge is 0.354 e. The lowest BCUT2D eigenvalue weighted by Gasteiger charge is -2.30. The fourth-order valence-electron chi connectivity index (χ4n) is 3.87. The van der Waals surface area contributed by atoms with Crippen LogP contribution in [0.15, 0.2) is 59.5 Å². The van der Waals surface area contributed by atoms with E-state index in [1.54, 1.807) is 42.5 Å². The number of likely N-dealkylation sites (tertiary alicyclic amines) is 1. The number of hydrogen-bond donors (Lipinski definition) is 1. The molecule has 0 aliphatic carbocycles. The number of anilines is 1. The van der Waals surface area contributed by atoms with Crippen molar-refractivity contribution in [3.8, 4) is 0 Å². The molecule has 0 spiro atoms. The van der Waals surface area contributed by atoms with Crippen LogP contribution in [0.4, 0.5) is 5.69 Å². The van der Waals surface area contributed by atoms with Gasteiger partial charge in [-0.25, -0.2) is 8.42 Å². The van der Waals surface area contributed by atoms with Gasteiger partial charge in [-0.1, -0.05) is 43.3 Å². The van der Waals surface area contributed by atoms with Crippen LogP contribution in [-0.2, 0) is 14.8 Å². The minimum atomic E-state index is -3.86. The first-order valence-corrected chi connectivity index (χ1v) is 12.4. The highest BCUT2D eigenvalue weighted by molar-refractivity contribution is 7.92. The second kappa shape index (κ2) is 10.8. The summed E-state index contributed by atoms with van der Waals surface area (Å²) in [5.41, 5.74) is 1.32. The molecule has 168 valence electrons. The monoisotopic (exact) mass is 443 g/mol. The van der Waals surface area contributed by atoms with Crippen molar-refractivity contribution in [2.75, 3.05) is 37.0 Å². The standard InChI is InChI=1S/C24H33N3O3S/c1-20-13-17-26(18-14-20)16-8-15-25-24(28)19-27(23-12-7-6-9-21(23)2)31(29,30)22-10-4-3-5-11-22/h3-7,9-12,20H,8,13-19H2,1-2H3,(H,25,28). The van der Waals surface area contributed by atoms with E-state index in [0.717, 1.165) is 37.5 Å². The van der Waals surface area contributed by atoms with Crippen molar-refractivity contribution >= 4 is 21.6 Å². The summed E-state index contributed by atoms with van der Waals surface area (Å²) in [5.74, 6) is 0.505. The number of piperidine rings is 1. The lowest BCUT2D eigenvalue weighted by Crippen LogP contribution is -2.42. The molecule has 0 saturated carbocycles. The van der Waals surface area contributed by atoms with Gasteiger partial charge in [-0.15, -0.1) is 0 Å². The molecule has 1 fully saturated rings. The molecule has 1 amide bonds. The Kier molecular flexibility index (Phi) is 8.09. The average Bonchev–Trinajstić information content (AvgIpc) is 2.77. The Bertz CT molecular complexity index is 955. The van der Waals surface area contributed by atoms with Crippen molar-refractivity contribution < 1.29 is 13.2 Å². The number of hydrogen-bond acceptors (Lipinski definition) is 4. The van der Waals surface area contributed by atoms with Crippen LogP contribution in [0, 0.1) is 12.8 Å². The first kappa shape index (κ1) is 23.3. The van der Waals surface area contributed by atoms with Gasteiger partial charge in [0.05, 0.1) is 10.6 Å². The smallest absolute Gasteiger partial charge is 0.264 e. The van der Waals surface area contributed by atoms with Gasteiger partial charge in [0.2, 0.25) is 5.91 Å². The predicted octanol–water partition coefficient (Wildman–Crippen LogP) is 3.43. The van der Waals surface area contributed by atoms with Gasteiger partial charge in [0, 0.05) is 6.54 Å².